The van der Waals surface area contributed by atoms with Crippen molar-refractivity contribution in [3.63, 3.8) is 0 Å². The van der Waals surface area contributed by atoms with Crippen molar-refractivity contribution in [3.8, 4) is 0 Å². The number of rotatable bonds is 8. The van der Waals surface area contributed by atoms with E-state index in [0.29, 0.717) is 0 Å². The highest BCUT2D eigenvalue weighted by Crippen LogP contribution is 2.54. The molecule has 4 N–H and O–H groups in total. The van der Waals surface area contributed by atoms with Gasteiger partial charge in [-0.1, -0.05) is 13.2 Å². The molecular weight excluding hydrogens is 392 g/mol. The Labute approximate surface area is 139 Å². The van der Waals surface area contributed by atoms with E-state index in [-0.39, 0.29) is 0 Å². The fraction of sp³-hybridized carbons (Fsp3) is 0.500. The smallest absolute Gasteiger partial charge is 0.381 e. The van der Waals surface area contributed by atoms with Crippen LogP contribution < -0.4 is 0 Å². The number of alkyl halides is 8. The van der Waals surface area contributed by atoms with Crippen LogP contribution in [0.25, 0.3) is 0 Å². The zero-order chi connectivity index (χ0) is 21.7. The summed E-state index contributed by atoms with van der Waals surface area (Å²) in [5, 5.41) is 32.4. The molecule has 0 saturated carbocycles. The third-order valence-electron chi connectivity index (χ3n) is 2.59. The van der Waals surface area contributed by atoms with E-state index in [4.69, 9.17) is 20.4 Å². The molecule has 0 fully saturated rings. The number of carbonyl (C=O) groups is 2. The first-order valence-corrected chi connectivity index (χ1v) is 5.92. The summed E-state index contributed by atoms with van der Waals surface area (Å²) >= 11 is 0. The van der Waals surface area contributed by atoms with Gasteiger partial charge in [0, 0.05) is 6.08 Å². The van der Waals surface area contributed by atoms with Crippen molar-refractivity contribution in [1.82, 2.24) is 0 Å². The third kappa shape index (κ3) is 4.91. The maximum Gasteiger partial charge on any atom is 0.381 e. The number of aliphatic hydroxyl groups is 2. The van der Waals surface area contributed by atoms with Crippen LogP contribution in [0.2, 0.25) is 0 Å². The maximum atomic E-state index is 13.1. The van der Waals surface area contributed by atoms with E-state index >= 15 is 0 Å². The van der Waals surface area contributed by atoms with E-state index in [1.807, 2.05) is 0 Å². The van der Waals surface area contributed by atoms with Crippen LogP contribution in [-0.4, -0.2) is 68.8 Å². The molecule has 0 aromatic carbocycles. The Morgan fingerprint density at radius 2 is 1.31 bits per heavy atom. The lowest BCUT2D eigenvalue weighted by Crippen LogP contribution is -2.66. The van der Waals surface area contributed by atoms with Gasteiger partial charge in [0.15, 0.2) is 6.10 Å². The molecule has 0 aliphatic rings. The summed E-state index contributed by atoms with van der Waals surface area (Å²) in [5.74, 6) is -29.3. The van der Waals surface area contributed by atoms with Crippen molar-refractivity contribution in [2.24, 2.45) is 0 Å². The molecule has 0 heterocycles. The quantitative estimate of drug-likeness (QED) is 0.362. The average Bonchev–Trinajstić information content (AvgIpc) is 2.52. The maximum absolute atomic E-state index is 13.1. The average molecular weight is 404 g/mol. The van der Waals surface area contributed by atoms with Crippen LogP contribution in [0.3, 0.4) is 0 Å². The van der Waals surface area contributed by atoms with Crippen LogP contribution in [0.4, 0.5) is 35.1 Å². The lowest BCUT2D eigenvalue weighted by molar-refractivity contribution is -0.380. The van der Waals surface area contributed by atoms with Crippen molar-refractivity contribution in [2.45, 2.75) is 29.8 Å². The van der Waals surface area contributed by atoms with E-state index in [9.17, 15) is 44.7 Å². The van der Waals surface area contributed by atoms with Crippen molar-refractivity contribution in [3.05, 3.63) is 24.8 Å². The molecule has 26 heavy (non-hydrogen) atoms. The van der Waals surface area contributed by atoms with Crippen molar-refractivity contribution in [2.75, 3.05) is 6.61 Å². The highest BCUT2D eigenvalue weighted by molar-refractivity contribution is 5.87. The first-order chi connectivity index (χ1) is 11.3. The summed E-state index contributed by atoms with van der Waals surface area (Å²) in [4.78, 5) is 19.5. The van der Waals surface area contributed by atoms with Crippen LogP contribution in [0.15, 0.2) is 24.8 Å². The normalized spacial score (nSPS) is 13.9. The molecule has 1 atom stereocenters. The highest BCUT2D eigenvalue weighted by atomic mass is 19.4. The van der Waals surface area contributed by atoms with Gasteiger partial charge in [-0.25, -0.2) is 9.59 Å². The van der Waals surface area contributed by atoms with E-state index < -0.39 is 53.9 Å². The van der Waals surface area contributed by atoms with Crippen LogP contribution in [0.1, 0.15) is 0 Å². The Morgan fingerprint density at radius 1 is 0.962 bits per heavy atom. The van der Waals surface area contributed by atoms with Crippen molar-refractivity contribution >= 4 is 11.9 Å². The Balaban J connectivity index is 0. The number of carboxylic acids is 2. The first-order valence-electron chi connectivity index (χ1n) is 5.92. The second-order valence-corrected chi connectivity index (χ2v) is 4.41. The molecule has 0 aliphatic heterocycles. The number of carboxylic acid groups (broad SMARTS) is 2. The van der Waals surface area contributed by atoms with Crippen LogP contribution in [-0.2, 0) is 9.59 Å². The molecule has 0 saturated heterocycles. The van der Waals surface area contributed by atoms with Crippen LogP contribution >= 0.6 is 0 Å². The fourth-order valence-electron chi connectivity index (χ4n) is 1.05. The Morgan fingerprint density at radius 3 is 1.54 bits per heavy atom. The first kappa shape index (κ1) is 26.0. The Bertz CT molecular complexity index is 560. The zero-order valence-corrected chi connectivity index (χ0v) is 12.4. The molecule has 0 aromatic rings. The molecule has 6 nitrogen and oxygen atoms in total. The standard InChI is InChI=1S/C9H8F8O4.C3H4O2/c1-3(5(20)21)4(19)7(12,13)9(16,17)8(14,15)6(10,11)2-18;1-2-3(4)5/h4,18-19H,1-2H2,(H,20,21);2H,1H2,(H,4,5). The predicted octanol–water partition coefficient (Wildman–Crippen LogP) is 1.78. The molecule has 0 spiro atoms. The largest absolute Gasteiger partial charge is 0.478 e. The number of hydrogen-bond donors (Lipinski definition) is 4. The summed E-state index contributed by atoms with van der Waals surface area (Å²) in [6.07, 6.45) is -3.23. The molecule has 0 aliphatic carbocycles. The van der Waals surface area contributed by atoms with E-state index in [2.05, 4.69) is 13.2 Å². The van der Waals surface area contributed by atoms with Gasteiger partial charge in [0.25, 0.3) is 0 Å². The monoisotopic (exact) mass is 404 g/mol. The van der Waals surface area contributed by atoms with Gasteiger partial charge in [-0.05, 0) is 0 Å². The molecule has 152 valence electrons. The lowest BCUT2D eigenvalue weighted by Gasteiger charge is -2.37. The molecule has 1 unspecified atom stereocenters. The number of aliphatic hydroxyl groups excluding tert-OH is 2. The van der Waals surface area contributed by atoms with E-state index in [1.165, 1.54) is 0 Å². The molecule has 0 aromatic heterocycles. The predicted molar refractivity (Wildman–Crippen MR) is 67.5 cm³/mol. The van der Waals surface area contributed by atoms with Gasteiger partial charge in [0.05, 0.1) is 5.57 Å². The zero-order valence-electron chi connectivity index (χ0n) is 12.4. The van der Waals surface area contributed by atoms with Gasteiger partial charge < -0.3 is 20.4 Å². The third-order valence-corrected chi connectivity index (χ3v) is 2.59. The Kier molecular flexibility index (Phi) is 8.45. The lowest BCUT2D eigenvalue weighted by atomic mass is 9.92. The molecule has 14 heteroatoms. The van der Waals surface area contributed by atoms with Crippen molar-refractivity contribution < 1.29 is 65.1 Å². The second-order valence-electron chi connectivity index (χ2n) is 4.41. The minimum Gasteiger partial charge on any atom is -0.478 e. The summed E-state index contributed by atoms with van der Waals surface area (Å²) < 4.78 is 103. The van der Waals surface area contributed by atoms with E-state index in [0.717, 1.165) is 6.08 Å². The van der Waals surface area contributed by atoms with Gasteiger partial charge >= 0.3 is 35.6 Å². The Hall–Kier alpha value is -2.22. The van der Waals surface area contributed by atoms with Crippen LogP contribution in [0.5, 0.6) is 0 Å². The molecule has 0 bridgehead atoms. The topological polar surface area (TPSA) is 115 Å². The number of aliphatic carboxylic acids is 2. The summed E-state index contributed by atoms with van der Waals surface area (Å²) in [6, 6.07) is 0. The minimum absolute atomic E-state index is 0.833. The van der Waals surface area contributed by atoms with Gasteiger partial charge in [0.1, 0.15) is 6.61 Å². The molecule has 0 radical (unpaired) electrons. The minimum atomic E-state index is -6.88. The van der Waals surface area contributed by atoms with Gasteiger partial charge in [-0.2, -0.15) is 35.1 Å². The summed E-state index contributed by atoms with van der Waals surface area (Å²) in [7, 11) is 0. The summed E-state index contributed by atoms with van der Waals surface area (Å²) in [6.45, 7) is 2.33. The number of halogens is 8. The van der Waals surface area contributed by atoms with Crippen LogP contribution in [0, 0.1) is 0 Å². The van der Waals surface area contributed by atoms with Gasteiger partial charge in [-0.3, -0.25) is 0 Å². The molecule has 0 amide bonds. The second kappa shape index (κ2) is 8.44. The number of hydrogen-bond acceptors (Lipinski definition) is 4. The fourth-order valence-corrected chi connectivity index (χ4v) is 1.05. The highest BCUT2D eigenvalue weighted by Gasteiger charge is 2.82. The summed E-state index contributed by atoms with van der Waals surface area (Å²) in [5.41, 5.74) is -2.01. The SMILES string of the molecule is C=C(C(=O)O)C(O)C(F)(F)C(F)(F)C(F)(F)C(F)(F)CO.C=CC(=O)O. The molecule has 0 rings (SSSR count). The van der Waals surface area contributed by atoms with Gasteiger partial charge in [0.2, 0.25) is 0 Å². The van der Waals surface area contributed by atoms with Gasteiger partial charge in [-0.15, -0.1) is 0 Å². The van der Waals surface area contributed by atoms with Crippen molar-refractivity contribution in [1.29, 1.82) is 0 Å². The molecular formula is C12H12F8O6. The van der Waals surface area contributed by atoms with E-state index in [1.54, 1.807) is 0 Å².